The fourth-order valence-corrected chi connectivity index (χ4v) is 3.72. The van der Waals surface area contributed by atoms with Crippen LogP contribution in [0.1, 0.15) is 28.5 Å². The van der Waals surface area contributed by atoms with Gasteiger partial charge >= 0.3 is 0 Å². The lowest BCUT2D eigenvalue weighted by atomic mass is 10.1. The number of carbonyl (C=O) groups is 2. The molecule has 0 saturated carbocycles. The van der Waals surface area contributed by atoms with Gasteiger partial charge in [-0.2, -0.15) is 5.10 Å². The molecular weight excluding hydrogens is 408 g/mol. The fraction of sp³-hybridized carbons (Fsp3) is 0.250. The van der Waals surface area contributed by atoms with Gasteiger partial charge < -0.3 is 15.0 Å². The second kappa shape index (κ2) is 9.05. The molecule has 1 aromatic heterocycles. The number of aromatic nitrogens is 2. The summed E-state index contributed by atoms with van der Waals surface area (Å²) in [6, 6.07) is 16.0. The molecule has 32 heavy (non-hydrogen) atoms. The number of benzene rings is 2. The third kappa shape index (κ3) is 4.69. The Balaban J connectivity index is 1.46. The van der Waals surface area contributed by atoms with Crippen molar-refractivity contribution >= 4 is 23.1 Å². The molecule has 0 unspecified atom stereocenters. The zero-order valence-corrected chi connectivity index (χ0v) is 18.0. The molecule has 0 radical (unpaired) electrons. The summed E-state index contributed by atoms with van der Waals surface area (Å²) in [6.07, 6.45) is 0.671. The van der Waals surface area contributed by atoms with Crippen LogP contribution < -0.4 is 20.5 Å². The first-order chi connectivity index (χ1) is 15.4. The van der Waals surface area contributed by atoms with Crippen molar-refractivity contribution in [3.63, 3.8) is 0 Å². The van der Waals surface area contributed by atoms with Crippen molar-refractivity contribution in [3.8, 4) is 5.75 Å². The van der Waals surface area contributed by atoms with Crippen molar-refractivity contribution in [2.75, 3.05) is 23.9 Å². The van der Waals surface area contributed by atoms with Gasteiger partial charge in [-0.05, 0) is 43.3 Å². The summed E-state index contributed by atoms with van der Waals surface area (Å²) in [6.45, 7) is 2.61. The van der Waals surface area contributed by atoms with E-state index < -0.39 is 0 Å². The molecule has 4 rings (SSSR count). The van der Waals surface area contributed by atoms with Crippen molar-refractivity contribution in [2.45, 2.75) is 26.4 Å². The van der Waals surface area contributed by atoms with E-state index in [1.54, 1.807) is 37.4 Å². The summed E-state index contributed by atoms with van der Waals surface area (Å²) < 4.78 is 6.39. The Morgan fingerprint density at radius 1 is 1.12 bits per heavy atom. The molecule has 164 valence electrons. The third-order valence-corrected chi connectivity index (χ3v) is 5.43. The molecular formula is C24H24N4O4. The van der Waals surface area contributed by atoms with E-state index in [0.717, 1.165) is 29.2 Å². The molecule has 8 heteroatoms. The SMILES string of the molecule is COc1ccc(N2CCc3nn(CC(=O)Nc4cccc(C(C)=O)c4)c(=O)cc3C2)cc1. The number of amides is 1. The summed E-state index contributed by atoms with van der Waals surface area (Å²) in [7, 11) is 1.63. The lowest BCUT2D eigenvalue weighted by Gasteiger charge is -2.30. The minimum absolute atomic E-state index is 0.0858. The molecule has 2 aromatic carbocycles. The number of carbonyl (C=O) groups excluding carboxylic acids is 2. The minimum atomic E-state index is -0.379. The molecule has 0 atom stereocenters. The van der Waals surface area contributed by atoms with Crippen LogP contribution in [0.2, 0.25) is 0 Å². The van der Waals surface area contributed by atoms with Gasteiger partial charge in [0.05, 0.1) is 12.8 Å². The van der Waals surface area contributed by atoms with Crippen LogP contribution in [0.15, 0.2) is 59.4 Å². The number of fused-ring (bicyclic) bond motifs is 1. The number of anilines is 2. The maximum absolute atomic E-state index is 12.6. The van der Waals surface area contributed by atoms with Crippen molar-refractivity contribution in [3.05, 3.63) is 81.8 Å². The Morgan fingerprint density at radius 2 is 1.91 bits per heavy atom. The summed E-state index contributed by atoms with van der Waals surface area (Å²) >= 11 is 0. The Hall–Kier alpha value is -3.94. The lowest BCUT2D eigenvalue weighted by molar-refractivity contribution is -0.117. The molecule has 1 aliphatic rings. The zero-order chi connectivity index (χ0) is 22.7. The number of hydrogen-bond acceptors (Lipinski definition) is 6. The van der Waals surface area contributed by atoms with Gasteiger partial charge in [0, 0.05) is 48.1 Å². The quantitative estimate of drug-likeness (QED) is 0.602. The van der Waals surface area contributed by atoms with Gasteiger partial charge in [0.25, 0.3) is 5.56 Å². The molecule has 2 heterocycles. The normalized spacial score (nSPS) is 12.8. The maximum atomic E-state index is 12.6. The third-order valence-electron chi connectivity index (χ3n) is 5.43. The van der Waals surface area contributed by atoms with Gasteiger partial charge in [0.1, 0.15) is 12.3 Å². The van der Waals surface area contributed by atoms with E-state index in [-0.39, 0.29) is 23.8 Å². The van der Waals surface area contributed by atoms with Crippen molar-refractivity contribution in [1.82, 2.24) is 9.78 Å². The number of ether oxygens (including phenoxy) is 1. The topological polar surface area (TPSA) is 93.5 Å². The maximum Gasteiger partial charge on any atom is 0.267 e. The number of ketones is 1. The first kappa shape index (κ1) is 21.3. The Labute approximate surface area is 185 Å². The molecule has 1 N–H and O–H groups in total. The smallest absolute Gasteiger partial charge is 0.267 e. The molecule has 1 aliphatic heterocycles. The standard InChI is InChI=1S/C24H24N4O4/c1-16(29)17-4-3-5-19(12-17)25-23(30)15-28-24(31)13-18-14-27(11-10-22(18)26-28)20-6-8-21(32-2)9-7-20/h3-9,12-13H,10-11,14-15H2,1-2H3,(H,25,30). The van der Waals surface area contributed by atoms with Crippen molar-refractivity contribution in [2.24, 2.45) is 0 Å². The van der Waals surface area contributed by atoms with Crippen LogP contribution in [-0.2, 0) is 24.3 Å². The van der Waals surface area contributed by atoms with Crippen LogP contribution in [0, 0.1) is 0 Å². The van der Waals surface area contributed by atoms with E-state index in [1.807, 2.05) is 24.3 Å². The van der Waals surface area contributed by atoms with Crippen molar-refractivity contribution < 1.29 is 14.3 Å². The second-order valence-electron chi connectivity index (χ2n) is 7.67. The predicted molar refractivity (Wildman–Crippen MR) is 121 cm³/mol. The molecule has 0 fully saturated rings. The number of nitrogens with one attached hydrogen (secondary N) is 1. The van der Waals surface area contributed by atoms with E-state index in [1.165, 1.54) is 11.6 Å². The van der Waals surface area contributed by atoms with E-state index in [9.17, 15) is 14.4 Å². The van der Waals surface area contributed by atoms with Crippen molar-refractivity contribution in [1.29, 1.82) is 0 Å². The minimum Gasteiger partial charge on any atom is -0.497 e. The summed E-state index contributed by atoms with van der Waals surface area (Å²) in [4.78, 5) is 38.8. The van der Waals surface area contributed by atoms with Crippen LogP contribution >= 0.6 is 0 Å². The number of hydrogen-bond donors (Lipinski definition) is 1. The van der Waals surface area contributed by atoms with Crippen LogP contribution in [-0.4, -0.2) is 35.1 Å². The molecule has 0 bridgehead atoms. The van der Waals surface area contributed by atoms with Crippen LogP contribution in [0.5, 0.6) is 5.75 Å². The summed E-state index contributed by atoms with van der Waals surface area (Å²) in [5, 5.41) is 7.16. The largest absolute Gasteiger partial charge is 0.497 e. The van der Waals surface area contributed by atoms with Gasteiger partial charge in [0.15, 0.2) is 5.78 Å². The van der Waals surface area contributed by atoms with Gasteiger partial charge in [-0.25, -0.2) is 4.68 Å². The van der Waals surface area contributed by atoms with Gasteiger partial charge in [-0.15, -0.1) is 0 Å². The van der Waals surface area contributed by atoms with E-state index in [2.05, 4.69) is 15.3 Å². The summed E-state index contributed by atoms with van der Waals surface area (Å²) in [5.41, 5.74) is 3.42. The number of methoxy groups -OCH3 is 1. The average Bonchev–Trinajstić information content (AvgIpc) is 2.79. The predicted octanol–water partition coefficient (Wildman–Crippen LogP) is 2.66. The van der Waals surface area contributed by atoms with Gasteiger partial charge in [-0.3, -0.25) is 14.4 Å². The fourth-order valence-electron chi connectivity index (χ4n) is 3.72. The first-order valence-electron chi connectivity index (χ1n) is 10.3. The molecule has 0 saturated heterocycles. The van der Waals surface area contributed by atoms with Crippen LogP contribution in [0.3, 0.4) is 0 Å². The molecule has 1 amide bonds. The lowest BCUT2D eigenvalue weighted by Crippen LogP contribution is -2.36. The Morgan fingerprint density at radius 3 is 2.62 bits per heavy atom. The first-order valence-corrected chi connectivity index (χ1v) is 10.3. The highest BCUT2D eigenvalue weighted by Crippen LogP contribution is 2.24. The van der Waals surface area contributed by atoms with Gasteiger partial charge in [-0.1, -0.05) is 12.1 Å². The number of nitrogens with zero attached hydrogens (tertiary/aromatic N) is 3. The van der Waals surface area contributed by atoms with E-state index >= 15 is 0 Å². The Bertz CT molecular complexity index is 1220. The number of Topliss-reactive ketones (excluding diaryl/α,β-unsaturated/α-hetero) is 1. The molecule has 8 nitrogen and oxygen atoms in total. The molecule has 3 aromatic rings. The highest BCUT2D eigenvalue weighted by Gasteiger charge is 2.20. The highest BCUT2D eigenvalue weighted by atomic mass is 16.5. The molecule has 0 spiro atoms. The van der Waals surface area contributed by atoms with Gasteiger partial charge in [0.2, 0.25) is 5.91 Å². The van der Waals surface area contributed by atoms with Crippen LogP contribution in [0.25, 0.3) is 0 Å². The molecule has 0 aliphatic carbocycles. The monoisotopic (exact) mass is 432 g/mol. The van der Waals surface area contributed by atoms with E-state index in [0.29, 0.717) is 24.2 Å². The Kier molecular flexibility index (Phi) is 6.02. The van der Waals surface area contributed by atoms with Crippen LogP contribution in [0.4, 0.5) is 11.4 Å². The van der Waals surface area contributed by atoms with E-state index in [4.69, 9.17) is 4.74 Å². The second-order valence-corrected chi connectivity index (χ2v) is 7.67. The highest BCUT2D eigenvalue weighted by molar-refractivity contribution is 5.97. The summed E-state index contributed by atoms with van der Waals surface area (Å²) in [5.74, 6) is 0.329. The number of rotatable bonds is 6. The zero-order valence-electron chi connectivity index (χ0n) is 18.0. The average molecular weight is 432 g/mol.